The summed E-state index contributed by atoms with van der Waals surface area (Å²) in [5.41, 5.74) is 2.04. The van der Waals surface area contributed by atoms with Crippen LogP contribution in [-0.4, -0.2) is 62.3 Å². The Morgan fingerprint density at radius 2 is 1.69 bits per heavy atom. The molecular formula is C27H41N3O2. The molecule has 0 bridgehead atoms. The number of benzene rings is 2. The van der Waals surface area contributed by atoms with E-state index >= 15 is 0 Å². The second-order valence-corrected chi connectivity index (χ2v) is 8.87. The van der Waals surface area contributed by atoms with Gasteiger partial charge in [0, 0.05) is 35.6 Å². The van der Waals surface area contributed by atoms with Crippen LogP contribution >= 0.6 is 0 Å². The summed E-state index contributed by atoms with van der Waals surface area (Å²) < 4.78 is 12.1. The third-order valence-electron chi connectivity index (χ3n) is 6.66. The normalized spacial score (nSPS) is 17.5. The van der Waals surface area contributed by atoms with Crippen LogP contribution in [0.15, 0.2) is 48.5 Å². The minimum absolute atomic E-state index is 0.568. The van der Waals surface area contributed by atoms with Crippen molar-refractivity contribution >= 4 is 11.4 Å². The zero-order chi connectivity index (χ0) is 22.8. The second-order valence-electron chi connectivity index (χ2n) is 8.87. The van der Waals surface area contributed by atoms with Crippen LogP contribution in [0.4, 0.5) is 11.4 Å². The Morgan fingerprint density at radius 1 is 1.03 bits per heavy atom. The maximum atomic E-state index is 6.05. The molecule has 1 aliphatic heterocycles. The Balaban J connectivity index is 1.48. The first kappa shape index (κ1) is 24.4. The molecule has 2 aromatic rings. The van der Waals surface area contributed by atoms with Crippen molar-refractivity contribution < 1.29 is 9.47 Å². The van der Waals surface area contributed by atoms with Gasteiger partial charge in [-0.3, -0.25) is 0 Å². The highest BCUT2D eigenvalue weighted by atomic mass is 16.5. The molecule has 2 unspecified atom stereocenters. The minimum atomic E-state index is 0.568. The summed E-state index contributed by atoms with van der Waals surface area (Å²) in [5, 5.41) is 3.48. The molecule has 2 atom stereocenters. The van der Waals surface area contributed by atoms with E-state index in [0.717, 1.165) is 61.9 Å². The molecule has 3 rings (SSSR count). The van der Waals surface area contributed by atoms with E-state index in [4.69, 9.17) is 9.47 Å². The fourth-order valence-corrected chi connectivity index (χ4v) is 4.46. The van der Waals surface area contributed by atoms with Crippen LogP contribution in [0.3, 0.4) is 0 Å². The largest absolute Gasteiger partial charge is 0.493 e. The topological polar surface area (TPSA) is 37.0 Å². The third-order valence-corrected chi connectivity index (χ3v) is 6.66. The fourth-order valence-electron chi connectivity index (χ4n) is 4.46. The molecule has 0 amide bonds. The number of nitrogens with one attached hydrogen (secondary N) is 1. The zero-order valence-corrected chi connectivity index (χ0v) is 20.3. The first-order valence-electron chi connectivity index (χ1n) is 12.2. The van der Waals surface area contributed by atoms with Gasteiger partial charge in [-0.25, -0.2) is 0 Å². The first-order valence-corrected chi connectivity index (χ1v) is 12.2. The van der Waals surface area contributed by atoms with Gasteiger partial charge in [0.25, 0.3) is 0 Å². The summed E-state index contributed by atoms with van der Waals surface area (Å²) in [5.74, 6) is 1.81. The third kappa shape index (κ3) is 7.42. The molecule has 0 radical (unpaired) electrons. The molecule has 1 N–H and O–H groups in total. The number of hydrogen-bond acceptors (Lipinski definition) is 5. The van der Waals surface area contributed by atoms with E-state index < -0.39 is 0 Å². The summed E-state index contributed by atoms with van der Waals surface area (Å²) in [6, 6.07) is 17.6. The Morgan fingerprint density at radius 3 is 2.25 bits per heavy atom. The molecule has 2 aromatic carbocycles. The maximum Gasteiger partial charge on any atom is 0.121 e. The van der Waals surface area contributed by atoms with Crippen molar-refractivity contribution in [3.8, 4) is 11.5 Å². The van der Waals surface area contributed by atoms with Gasteiger partial charge in [0.15, 0.2) is 0 Å². The lowest BCUT2D eigenvalue weighted by Crippen LogP contribution is -2.32. The van der Waals surface area contributed by atoms with E-state index in [1.54, 1.807) is 0 Å². The van der Waals surface area contributed by atoms with Gasteiger partial charge in [-0.1, -0.05) is 26.0 Å². The van der Waals surface area contributed by atoms with Crippen molar-refractivity contribution in [3.05, 3.63) is 48.5 Å². The molecule has 1 saturated heterocycles. The van der Waals surface area contributed by atoms with Crippen molar-refractivity contribution in [1.82, 2.24) is 9.80 Å². The lowest BCUT2D eigenvalue weighted by molar-refractivity contribution is 0.196. The van der Waals surface area contributed by atoms with Gasteiger partial charge >= 0.3 is 0 Å². The summed E-state index contributed by atoms with van der Waals surface area (Å²) in [6.07, 6.45) is 5.85. The van der Waals surface area contributed by atoms with E-state index in [9.17, 15) is 0 Å². The average molecular weight is 440 g/mol. The van der Waals surface area contributed by atoms with Gasteiger partial charge in [0.1, 0.15) is 11.5 Å². The Labute approximate surface area is 194 Å². The first-order chi connectivity index (χ1) is 15.6. The highest BCUT2D eigenvalue weighted by molar-refractivity contribution is 5.62. The van der Waals surface area contributed by atoms with Crippen LogP contribution in [0.25, 0.3) is 0 Å². The van der Waals surface area contributed by atoms with Gasteiger partial charge in [-0.15, -0.1) is 0 Å². The van der Waals surface area contributed by atoms with E-state index in [0.29, 0.717) is 12.1 Å². The monoisotopic (exact) mass is 439 g/mol. The molecule has 1 aliphatic rings. The van der Waals surface area contributed by atoms with Crippen LogP contribution in [0.2, 0.25) is 0 Å². The highest BCUT2D eigenvalue weighted by Crippen LogP contribution is 2.25. The Bertz CT molecular complexity index is 813. The van der Waals surface area contributed by atoms with E-state index in [2.05, 4.69) is 67.3 Å². The summed E-state index contributed by atoms with van der Waals surface area (Å²) >= 11 is 0. The van der Waals surface area contributed by atoms with Crippen LogP contribution in [-0.2, 0) is 0 Å². The van der Waals surface area contributed by atoms with Crippen molar-refractivity contribution in [1.29, 1.82) is 0 Å². The number of likely N-dealkylation sites (tertiary alicyclic amines) is 1. The lowest BCUT2D eigenvalue weighted by Gasteiger charge is -2.25. The van der Waals surface area contributed by atoms with Crippen molar-refractivity contribution in [2.24, 2.45) is 0 Å². The molecule has 0 aromatic heterocycles. The standard InChI is InChI=1S/C27H41N3O2/c1-5-24(29(3)6-2)15-18-31-26-13-7-10-22(20-26)28-23-11-8-14-27(21-23)32-19-16-25-12-9-17-30(25)4/h7-8,10-11,13-14,20-21,24-25,28H,5-6,9,12,15-19H2,1-4H3. The molecule has 0 aliphatic carbocycles. The highest BCUT2D eigenvalue weighted by Gasteiger charge is 2.20. The Kier molecular flexibility index (Phi) is 9.69. The molecule has 32 heavy (non-hydrogen) atoms. The smallest absolute Gasteiger partial charge is 0.121 e. The molecule has 0 spiro atoms. The number of nitrogens with zero attached hydrogens (tertiary/aromatic N) is 2. The van der Waals surface area contributed by atoms with Crippen LogP contribution in [0, 0.1) is 0 Å². The summed E-state index contributed by atoms with van der Waals surface area (Å²) in [7, 11) is 4.40. The molecule has 176 valence electrons. The zero-order valence-electron chi connectivity index (χ0n) is 20.3. The van der Waals surface area contributed by atoms with Gasteiger partial charge in [-0.2, -0.15) is 0 Å². The molecule has 5 nitrogen and oxygen atoms in total. The van der Waals surface area contributed by atoms with E-state index in [-0.39, 0.29) is 0 Å². The quantitative estimate of drug-likeness (QED) is 0.427. The van der Waals surface area contributed by atoms with Gasteiger partial charge in [0.05, 0.1) is 13.2 Å². The number of hydrogen-bond donors (Lipinski definition) is 1. The maximum absolute atomic E-state index is 6.05. The molecule has 0 saturated carbocycles. The predicted molar refractivity (Wildman–Crippen MR) is 134 cm³/mol. The van der Waals surface area contributed by atoms with Crippen molar-refractivity contribution in [2.45, 2.75) is 58.0 Å². The van der Waals surface area contributed by atoms with Crippen LogP contribution in [0.1, 0.15) is 46.0 Å². The summed E-state index contributed by atoms with van der Waals surface area (Å²) in [4.78, 5) is 4.84. The lowest BCUT2D eigenvalue weighted by atomic mass is 10.1. The molecule has 5 heteroatoms. The SMILES string of the molecule is CCC(CCOc1cccc(Nc2cccc(OCCC3CCCN3C)c2)c1)N(C)CC. The Hall–Kier alpha value is -2.24. The van der Waals surface area contributed by atoms with E-state index in [1.165, 1.54) is 19.4 Å². The van der Waals surface area contributed by atoms with Crippen LogP contribution in [0.5, 0.6) is 11.5 Å². The molecule has 1 fully saturated rings. The fraction of sp³-hybridized carbons (Fsp3) is 0.556. The van der Waals surface area contributed by atoms with E-state index in [1.807, 2.05) is 24.3 Å². The number of anilines is 2. The van der Waals surface area contributed by atoms with Crippen LogP contribution < -0.4 is 14.8 Å². The summed E-state index contributed by atoms with van der Waals surface area (Å²) in [6.45, 7) is 8.21. The number of ether oxygens (including phenoxy) is 2. The predicted octanol–water partition coefficient (Wildman–Crippen LogP) is 5.79. The second kappa shape index (κ2) is 12.7. The molecular weight excluding hydrogens is 398 g/mol. The van der Waals surface area contributed by atoms with Gasteiger partial charge in [-0.05, 0) is 83.6 Å². The average Bonchev–Trinajstić information content (AvgIpc) is 3.21. The van der Waals surface area contributed by atoms with Crippen molar-refractivity contribution in [3.63, 3.8) is 0 Å². The minimum Gasteiger partial charge on any atom is -0.493 e. The number of rotatable bonds is 13. The van der Waals surface area contributed by atoms with Crippen molar-refractivity contribution in [2.75, 3.05) is 45.7 Å². The molecule has 1 heterocycles. The van der Waals surface area contributed by atoms with Gasteiger partial charge in [0.2, 0.25) is 0 Å². The van der Waals surface area contributed by atoms with Gasteiger partial charge < -0.3 is 24.6 Å².